The minimum absolute atomic E-state index is 0.0407. The first-order chi connectivity index (χ1) is 18.7. The molecule has 39 heavy (non-hydrogen) atoms. The molecule has 206 valence electrons. The van der Waals surface area contributed by atoms with Gasteiger partial charge in [0.25, 0.3) is 5.56 Å². The molecule has 3 N–H and O–H groups in total. The van der Waals surface area contributed by atoms with Crippen molar-refractivity contribution in [3.63, 3.8) is 0 Å². The topological polar surface area (TPSA) is 151 Å². The molecule has 0 aliphatic carbocycles. The molecular formula is C24H24ClFN5O6PS. The first-order valence-electron chi connectivity index (χ1n) is 11.6. The van der Waals surface area contributed by atoms with Crippen LogP contribution >= 0.6 is 31.0 Å². The van der Waals surface area contributed by atoms with E-state index in [0.29, 0.717) is 21.8 Å². The number of anilines is 1. The molecule has 4 rings (SSSR count). The van der Waals surface area contributed by atoms with E-state index in [-0.39, 0.29) is 55.0 Å². The highest BCUT2D eigenvalue weighted by Crippen LogP contribution is 2.49. The van der Waals surface area contributed by atoms with Gasteiger partial charge in [0.05, 0.1) is 26.1 Å². The van der Waals surface area contributed by atoms with Crippen LogP contribution in [-0.4, -0.2) is 49.9 Å². The number of benzene rings is 2. The normalized spacial score (nSPS) is 13.0. The first kappa shape index (κ1) is 28.9. The summed E-state index contributed by atoms with van der Waals surface area (Å²) >= 11 is 6.97. The Hall–Kier alpha value is -3.06. The highest BCUT2D eigenvalue weighted by molar-refractivity contribution is 8.14. The molecule has 0 aliphatic heterocycles. The van der Waals surface area contributed by atoms with Crippen LogP contribution in [0, 0.1) is 5.82 Å². The van der Waals surface area contributed by atoms with Gasteiger partial charge in [-0.25, -0.2) is 9.37 Å². The lowest BCUT2D eigenvalue weighted by molar-refractivity contribution is 0.108. The third-order valence-electron chi connectivity index (χ3n) is 5.22. The van der Waals surface area contributed by atoms with Gasteiger partial charge in [-0.3, -0.25) is 19.1 Å². The second-order valence-electron chi connectivity index (χ2n) is 8.09. The predicted molar refractivity (Wildman–Crippen MR) is 146 cm³/mol. The predicted octanol–water partition coefficient (Wildman–Crippen LogP) is 4.47. The molecule has 15 heteroatoms. The number of nitrogens with two attached hydrogens (primary N) is 1. The van der Waals surface area contributed by atoms with E-state index in [1.54, 1.807) is 28.8 Å². The molecule has 0 spiro atoms. The van der Waals surface area contributed by atoms with E-state index in [1.165, 1.54) is 30.6 Å². The molecule has 0 saturated heterocycles. The number of thioether (sulfide) groups is 1. The quantitative estimate of drug-likeness (QED) is 0.167. The van der Waals surface area contributed by atoms with Crippen molar-refractivity contribution in [3.05, 3.63) is 87.2 Å². The summed E-state index contributed by atoms with van der Waals surface area (Å²) in [7, 11) is -3.76. The minimum Gasteiger partial charge on any atom is -0.369 e. The van der Waals surface area contributed by atoms with Crippen LogP contribution in [0.1, 0.15) is 15.9 Å². The largest absolute Gasteiger partial charge is 0.369 e. The average Bonchev–Trinajstić information content (AvgIpc) is 3.31. The molecule has 2 aromatic carbocycles. The van der Waals surface area contributed by atoms with Crippen molar-refractivity contribution in [2.24, 2.45) is 0 Å². The van der Waals surface area contributed by atoms with Crippen molar-refractivity contribution in [1.29, 1.82) is 0 Å². The number of H-pyrrole nitrogens is 1. The van der Waals surface area contributed by atoms with Crippen LogP contribution in [-0.2, 0) is 31.5 Å². The summed E-state index contributed by atoms with van der Waals surface area (Å²) in [5.74, 6) is -0.296. The van der Waals surface area contributed by atoms with Gasteiger partial charge < -0.3 is 24.1 Å². The Morgan fingerprint density at radius 3 is 2.74 bits per heavy atom. The zero-order chi connectivity index (χ0) is 27.8. The smallest absolute Gasteiger partial charge is 0.356 e. The SMILES string of the molecule is Nc1nc2c(ncn2CCOCP(=O)(OCCSC(=O)c2ccc(F)cc2)OCc2cccc(Cl)c2)c(=O)[nH]1. The molecule has 0 fully saturated rings. The van der Waals surface area contributed by atoms with Gasteiger partial charge in [-0.15, -0.1) is 0 Å². The van der Waals surface area contributed by atoms with Gasteiger partial charge in [0.2, 0.25) is 11.1 Å². The maximum atomic E-state index is 13.5. The summed E-state index contributed by atoms with van der Waals surface area (Å²) in [6.45, 7) is 0.209. The molecule has 0 saturated carbocycles. The Morgan fingerprint density at radius 2 is 1.97 bits per heavy atom. The van der Waals surface area contributed by atoms with Crippen LogP contribution in [0.5, 0.6) is 0 Å². The van der Waals surface area contributed by atoms with E-state index in [1.807, 2.05) is 0 Å². The number of hydrogen-bond acceptors (Lipinski definition) is 10. The van der Waals surface area contributed by atoms with Crippen molar-refractivity contribution in [2.75, 3.05) is 31.0 Å². The van der Waals surface area contributed by atoms with Gasteiger partial charge >= 0.3 is 7.60 Å². The fourth-order valence-electron chi connectivity index (χ4n) is 3.37. The van der Waals surface area contributed by atoms with E-state index in [0.717, 1.165) is 11.8 Å². The van der Waals surface area contributed by atoms with Crippen LogP contribution < -0.4 is 11.3 Å². The van der Waals surface area contributed by atoms with Crippen LogP contribution in [0.2, 0.25) is 5.02 Å². The number of hydrogen-bond donors (Lipinski definition) is 2. The Kier molecular flexibility index (Phi) is 9.89. The van der Waals surface area contributed by atoms with Gasteiger partial charge in [-0.05, 0) is 42.0 Å². The van der Waals surface area contributed by atoms with E-state index in [9.17, 15) is 18.5 Å². The Balaban J connectivity index is 1.33. The molecule has 0 radical (unpaired) electrons. The van der Waals surface area contributed by atoms with Gasteiger partial charge in [0.1, 0.15) is 12.2 Å². The Bertz CT molecular complexity index is 1550. The van der Waals surface area contributed by atoms with Gasteiger partial charge in [-0.2, -0.15) is 4.98 Å². The van der Waals surface area contributed by atoms with Crippen molar-refractivity contribution in [1.82, 2.24) is 19.5 Å². The van der Waals surface area contributed by atoms with Crippen LogP contribution in [0.25, 0.3) is 11.2 Å². The molecular weight excluding hydrogens is 572 g/mol. The molecule has 11 nitrogen and oxygen atoms in total. The number of halogens is 2. The molecule has 1 atom stereocenters. The lowest BCUT2D eigenvalue weighted by Gasteiger charge is -2.19. The summed E-state index contributed by atoms with van der Waals surface area (Å²) in [5, 5.41) is 0.226. The lowest BCUT2D eigenvalue weighted by atomic mass is 10.2. The second kappa shape index (κ2) is 13.3. The van der Waals surface area contributed by atoms with Gasteiger partial charge in [0.15, 0.2) is 11.2 Å². The number of aromatic amines is 1. The van der Waals surface area contributed by atoms with Gasteiger partial charge in [0, 0.05) is 22.9 Å². The number of nitrogens with zero attached hydrogens (tertiary/aromatic N) is 3. The number of fused-ring (bicyclic) bond motifs is 1. The second-order valence-corrected chi connectivity index (χ2v) is 11.6. The van der Waals surface area contributed by atoms with Crippen molar-refractivity contribution in [3.8, 4) is 0 Å². The maximum absolute atomic E-state index is 13.5. The van der Waals surface area contributed by atoms with E-state index >= 15 is 0 Å². The molecule has 1 unspecified atom stereocenters. The maximum Gasteiger partial charge on any atom is 0.356 e. The summed E-state index contributed by atoms with van der Waals surface area (Å²) in [6, 6.07) is 12.1. The lowest BCUT2D eigenvalue weighted by Crippen LogP contribution is -2.13. The number of nitrogens with one attached hydrogen (secondary N) is 1. The van der Waals surface area contributed by atoms with E-state index in [4.69, 9.17) is 31.1 Å². The number of imidazole rings is 1. The number of ether oxygens (including phenoxy) is 1. The standard InChI is InChI=1S/C24H24ClFN5O6PS/c25-18-3-1-2-16(12-18)13-37-38(34,36-10-11-39-23(33)17-4-6-19(26)7-5-17)15-35-9-8-31-14-28-20-21(31)29-24(27)30-22(20)32/h1-7,12,14H,8-11,13,15H2,(H3,27,29,30,32). The number of rotatable bonds is 13. The minimum atomic E-state index is -3.76. The third kappa shape index (κ3) is 8.21. The highest BCUT2D eigenvalue weighted by atomic mass is 35.5. The van der Waals surface area contributed by atoms with Crippen LogP contribution in [0.15, 0.2) is 59.7 Å². The molecule has 0 amide bonds. The highest BCUT2D eigenvalue weighted by Gasteiger charge is 2.26. The third-order valence-corrected chi connectivity index (χ3v) is 7.92. The molecule has 4 aromatic rings. The van der Waals surface area contributed by atoms with Crippen molar-refractivity contribution < 1.29 is 27.5 Å². The molecule has 0 bridgehead atoms. The zero-order valence-corrected chi connectivity index (χ0v) is 22.9. The number of nitrogen functional groups attached to an aromatic ring is 1. The number of carbonyl (C=O) groups excluding carboxylic acids is 1. The van der Waals surface area contributed by atoms with Crippen LogP contribution in [0.3, 0.4) is 0 Å². The fraction of sp³-hybridized carbons (Fsp3) is 0.250. The molecule has 2 heterocycles. The van der Waals surface area contributed by atoms with Gasteiger partial charge in [-0.1, -0.05) is 35.5 Å². The molecule has 2 aromatic heterocycles. The van der Waals surface area contributed by atoms with Crippen molar-refractivity contribution in [2.45, 2.75) is 13.2 Å². The van der Waals surface area contributed by atoms with Crippen LogP contribution in [0.4, 0.5) is 10.3 Å². The summed E-state index contributed by atoms with van der Waals surface area (Å²) in [6.07, 6.45) is 1.06. The average molecular weight is 596 g/mol. The Labute approximate surface area is 231 Å². The first-order valence-corrected chi connectivity index (χ1v) is 14.7. The number of aromatic nitrogens is 4. The Morgan fingerprint density at radius 1 is 1.18 bits per heavy atom. The van der Waals surface area contributed by atoms with E-state index in [2.05, 4.69) is 15.0 Å². The molecule has 0 aliphatic rings. The summed E-state index contributed by atoms with van der Waals surface area (Å²) in [5.41, 5.74) is 6.61. The van der Waals surface area contributed by atoms with Crippen molar-refractivity contribution >= 4 is 53.2 Å². The summed E-state index contributed by atoms with van der Waals surface area (Å²) in [4.78, 5) is 34.7. The zero-order valence-electron chi connectivity index (χ0n) is 20.4. The number of carbonyl (C=O) groups is 1. The summed E-state index contributed by atoms with van der Waals surface area (Å²) < 4.78 is 44.9. The fourth-order valence-corrected chi connectivity index (χ4v) is 5.65. The van der Waals surface area contributed by atoms with E-state index < -0.39 is 19.0 Å². The monoisotopic (exact) mass is 595 g/mol.